The van der Waals surface area contributed by atoms with Gasteiger partial charge in [-0.15, -0.1) is 10.2 Å². The Morgan fingerprint density at radius 1 is 1.32 bits per heavy atom. The number of aliphatic hydroxyl groups excluding tert-OH is 1. The van der Waals surface area contributed by atoms with E-state index >= 15 is 0 Å². The van der Waals surface area contributed by atoms with Gasteiger partial charge in [0.15, 0.2) is 0 Å². The summed E-state index contributed by atoms with van der Waals surface area (Å²) in [6.45, 7) is 5.21. The molecule has 2 aliphatic heterocycles. The number of fused-ring (bicyclic) bond motifs is 1. The molecule has 0 radical (unpaired) electrons. The average Bonchev–Trinajstić information content (AvgIpc) is 3.01. The number of hydrogen-bond acceptors (Lipinski definition) is 7. The van der Waals surface area contributed by atoms with Crippen molar-refractivity contribution in [1.29, 1.82) is 0 Å². The highest BCUT2D eigenvalue weighted by Crippen LogP contribution is 2.29. The number of nitrogens with one attached hydrogen (secondary N) is 1. The Morgan fingerprint density at radius 3 is 2.89 bits per heavy atom. The molecule has 3 rings (SSSR count). The first-order valence-corrected chi connectivity index (χ1v) is 7.45. The molecule has 4 atom stereocenters. The Kier molecular flexibility index (Phi) is 3.70. The van der Waals surface area contributed by atoms with Crippen LogP contribution < -0.4 is 5.32 Å². The third-order valence-corrected chi connectivity index (χ3v) is 4.26. The van der Waals surface area contributed by atoms with E-state index in [0.717, 1.165) is 16.6 Å². The lowest BCUT2D eigenvalue weighted by molar-refractivity contribution is 0.0184. The lowest BCUT2D eigenvalue weighted by Crippen LogP contribution is -2.35. The van der Waals surface area contributed by atoms with Gasteiger partial charge in [-0.1, -0.05) is 25.2 Å². The highest BCUT2D eigenvalue weighted by atomic mass is 32.1. The second kappa shape index (κ2) is 5.32. The van der Waals surface area contributed by atoms with Crippen LogP contribution in [0, 0.1) is 5.92 Å². The van der Waals surface area contributed by atoms with Crippen molar-refractivity contribution in [3.63, 3.8) is 0 Å². The zero-order valence-electron chi connectivity index (χ0n) is 11.1. The molecule has 0 saturated carbocycles. The smallest absolute Gasteiger partial charge is 0.206 e. The van der Waals surface area contributed by atoms with Crippen LogP contribution in [0.15, 0.2) is 0 Å². The van der Waals surface area contributed by atoms with E-state index in [-0.39, 0.29) is 18.2 Å². The van der Waals surface area contributed by atoms with E-state index < -0.39 is 6.10 Å². The van der Waals surface area contributed by atoms with Gasteiger partial charge in [-0.3, -0.25) is 0 Å². The van der Waals surface area contributed by atoms with E-state index in [9.17, 15) is 5.11 Å². The zero-order valence-corrected chi connectivity index (χ0v) is 11.9. The number of anilines is 1. The van der Waals surface area contributed by atoms with Crippen LogP contribution >= 0.6 is 11.3 Å². The van der Waals surface area contributed by atoms with Crippen molar-refractivity contribution in [1.82, 2.24) is 10.2 Å². The Hall–Kier alpha value is -0.760. The SMILES string of the molecule is CC(C)Cc1nnc(N[C@H]2CO[C@H]3[C@@H]2OC[C@H]3O)s1. The van der Waals surface area contributed by atoms with Gasteiger partial charge in [-0.2, -0.15) is 0 Å². The van der Waals surface area contributed by atoms with E-state index in [1.54, 1.807) is 11.3 Å². The summed E-state index contributed by atoms with van der Waals surface area (Å²) < 4.78 is 11.1. The van der Waals surface area contributed by atoms with Crippen LogP contribution in [0.1, 0.15) is 18.9 Å². The number of aromatic nitrogens is 2. The maximum absolute atomic E-state index is 9.68. The van der Waals surface area contributed by atoms with Gasteiger partial charge in [0.05, 0.1) is 19.3 Å². The minimum atomic E-state index is -0.511. The number of rotatable bonds is 4. The number of hydrogen-bond donors (Lipinski definition) is 2. The lowest BCUT2D eigenvalue weighted by Gasteiger charge is -2.16. The molecule has 0 aliphatic carbocycles. The molecule has 2 saturated heterocycles. The standard InChI is InChI=1S/C12H19N3O3S/c1-6(2)3-9-14-15-12(19-9)13-7-4-17-11-8(16)5-18-10(7)11/h6-8,10-11,16H,3-5H2,1-2H3,(H,13,15)/t7-,8+,10+,11+/m0/s1. The average molecular weight is 285 g/mol. The minimum absolute atomic E-state index is 0.0435. The lowest BCUT2D eigenvalue weighted by atomic mass is 10.1. The van der Waals surface area contributed by atoms with Crippen molar-refractivity contribution < 1.29 is 14.6 Å². The maximum Gasteiger partial charge on any atom is 0.206 e. The summed E-state index contributed by atoms with van der Waals surface area (Å²) in [6.07, 6.45) is 0.137. The van der Waals surface area contributed by atoms with Crippen LogP contribution in [-0.4, -0.2) is 52.9 Å². The summed E-state index contributed by atoms with van der Waals surface area (Å²) in [5, 5.41) is 23.2. The van der Waals surface area contributed by atoms with Gasteiger partial charge in [-0.25, -0.2) is 0 Å². The molecule has 0 unspecified atom stereocenters. The molecule has 19 heavy (non-hydrogen) atoms. The third kappa shape index (κ3) is 2.74. The predicted octanol–water partition coefficient (Wildman–Crippen LogP) is 0.676. The molecule has 0 spiro atoms. The fraction of sp³-hybridized carbons (Fsp3) is 0.833. The summed E-state index contributed by atoms with van der Waals surface area (Å²) in [4.78, 5) is 0. The first-order valence-electron chi connectivity index (χ1n) is 6.63. The Labute approximate surface area is 116 Å². The van der Waals surface area contributed by atoms with Gasteiger partial charge < -0.3 is 19.9 Å². The molecular formula is C12H19N3O3S. The molecule has 0 amide bonds. The highest BCUT2D eigenvalue weighted by Gasteiger charge is 2.47. The molecular weight excluding hydrogens is 266 g/mol. The van der Waals surface area contributed by atoms with E-state index in [1.807, 2.05) is 0 Å². The molecule has 2 fully saturated rings. The molecule has 3 heterocycles. The van der Waals surface area contributed by atoms with Crippen LogP contribution in [0.4, 0.5) is 5.13 Å². The fourth-order valence-electron chi connectivity index (χ4n) is 2.51. The van der Waals surface area contributed by atoms with Crippen LogP contribution in [0.5, 0.6) is 0 Å². The normalized spacial score (nSPS) is 33.9. The van der Waals surface area contributed by atoms with Gasteiger partial charge in [0, 0.05) is 6.42 Å². The van der Waals surface area contributed by atoms with Crippen molar-refractivity contribution in [2.75, 3.05) is 18.5 Å². The second-order valence-electron chi connectivity index (χ2n) is 5.51. The van der Waals surface area contributed by atoms with Crippen LogP contribution in [0.25, 0.3) is 0 Å². The molecule has 0 bridgehead atoms. The van der Waals surface area contributed by atoms with Crippen molar-refractivity contribution >= 4 is 16.5 Å². The molecule has 1 aromatic rings. The fourth-order valence-corrected chi connectivity index (χ4v) is 3.52. The quantitative estimate of drug-likeness (QED) is 0.847. The summed E-state index contributed by atoms with van der Waals surface area (Å²) in [5.74, 6) is 0.577. The van der Waals surface area contributed by atoms with E-state index in [4.69, 9.17) is 9.47 Å². The van der Waals surface area contributed by atoms with Gasteiger partial charge in [0.1, 0.15) is 23.3 Å². The van der Waals surface area contributed by atoms with Gasteiger partial charge in [0.2, 0.25) is 5.13 Å². The molecule has 106 valence electrons. The molecule has 7 heteroatoms. The van der Waals surface area contributed by atoms with Crippen LogP contribution in [0.2, 0.25) is 0 Å². The van der Waals surface area contributed by atoms with Crippen molar-refractivity contribution in [3.05, 3.63) is 5.01 Å². The monoisotopic (exact) mass is 285 g/mol. The molecule has 1 aromatic heterocycles. The summed E-state index contributed by atoms with van der Waals surface area (Å²) in [7, 11) is 0. The van der Waals surface area contributed by atoms with Crippen LogP contribution in [-0.2, 0) is 15.9 Å². The summed E-state index contributed by atoms with van der Waals surface area (Å²) >= 11 is 1.58. The minimum Gasteiger partial charge on any atom is -0.388 e. The van der Waals surface area contributed by atoms with Crippen molar-refractivity contribution in [2.24, 2.45) is 5.92 Å². The van der Waals surface area contributed by atoms with E-state index in [2.05, 4.69) is 29.4 Å². The largest absolute Gasteiger partial charge is 0.388 e. The number of ether oxygens (including phenoxy) is 2. The van der Waals surface area contributed by atoms with Gasteiger partial charge >= 0.3 is 0 Å². The van der Waals surface area contributed by atoms with E-state index in [0.29, 0.717) is 19.1 Å². The molecule has 0 aromatic carbocycles. The molecule has 2 N–H and O–H groups in total. The van der Waals surface area contributed by atoms with Gasteiger partial charge in [-0.05, 0) is 5.92 Å². The van der Waals surface area contributed by atoms with Gasteiger partial charge in [0.25, 0.3) is 0 Å². The Morgan fingerprint density at radius 2 is 2.11 bits per heavy atom. The first kappa shape index (κ1) is 13.2. The third-order valence-electron chi connectivity index (χ3n) is 3.39. The van der Waals surface area contributed by atoms with Crippen molar-refractivity contribution in [3.8, 4) is 0 Å². The van der Waals surface area contributed by atoms with Crippen molar-refractivity contribution in [2.45, 2.75) is 44.6 Å². The second-order valence-corrected chi connectivity index (χ2v) is 6.58. The topological polar surface area (TPSA) is 76.5 Å². The first-order chi connectivity index (χ1) is 9.13. The van der Waals surface area contributed by atoms with Crippen LogP contribution in [0.3, 0.4) is 0 Å². The Balaban J connectivity index is 1.61. The zero-order chi connectivity index (χ0) is 13.4. The highest BCUT2D eigenvalue weighted by molar-refractivity contribution is 7.15. The predicted molar refractivity (Wildman–Crippen MR) is 71.3 cm³/mol. The number of aliphatic hydroxyl groups is 1. The molecule has 2 aliphatic rings. The summed E-state index contributed by atoms with van der Waals surface area (Å²) in [5.41, 5.74) is 0. The maximum atomic E-state index is 9.68. The summed E-state index contributed by atoms with van der Waals surface area (Å²) in [6, 6.07) is 0.0435. The molecule has 6 nitrogen and oxygen atoms in total. The number of nitrogens with zero attached hydrogens (tertiary/aromatic N) is 2. The van der Waals surface area contributed by atoms with E-state index in [1.165, 1.54) is 0 Å². The Bertz CT molecular complexity index is 440.